The Kier molecular flexibility index (Phi) is 10.5. The van der Waals surface area contributed by atoms with Crippen molar-refractivity contribution in [2.45, 2.75) is 0 Å². The molecule has 0 N–H and O–H groups in total. The van der Waals surface area contributed by atoms with Gasteiger partial charge in [-0.2, -0.15) is 0 Å². The SMILES string of the molecule is COc1ccc(OC)c(OCCOCCOCCOc2cc(OC)ccc2OC)c1. The number of methoxy groups -OCH3 is 4. The lowest BCUT2D eigenvalue weighted by Gasteiger charge is -2.13. The van der Waals surface area contributed by atoms with Gasteiger partial charge in [-0.3, -0.25) is 0 Å². The summed E-state index contributed by atoms with van der Waals surface area (Å²) in [6.07, 6.45) is 0. The van der Waals surface area contributed by atoms with Crippen molar-refractivity contribution >= 4 is 0 Å². The molecule has 0 atom stereocenters. The molecular formula is C22H30O8. The van der Waals surface area contributed by atoms with Crippen molar-refractivity contribution in [3.05, 3.63) is 36.4 Å². The quantitative estimate of drug-likeness (QED) is 0.405. The number of benzene rings is 2. The van der Waals surface area contributed by atoms with E-state index in [1.807, 2.05) is 12.1 Å². The molecule has 0 aromatic heterocycles. The van der Waals surface area contributed by atoms with Gasteiger partial charge < -0.3 is 37.9 Å². The Morgan fingerprint density at radius 1 is 0.467 bits per heavy atom. The highest BCUT2D eigenvalue weighted by molar-refractivity contribution is 5.46. The summed E-state index contributed by atoms with van der Waals surface area (Å²) in [4.78, 5) is 0. The first-order valence-corrected chi connectivity index (χ1v) is 9.57. The fraction of sp³-hybridized carbons (Fsp3) is 0.455. The maximum atomic E-state index is 5.69. The van der Waals surface area contributed by atoms with Gasteiger partial charge in [0.25, 0.3) is 0 Å². The predicted octanol–water partition coefficient (Wildman–Crippen LogP) is 3.21. The Hall–Kier alpha value is -2.84. The Morgan fingerprint density at radius 3 is 1.23 bits per heavy atom. The van der Waals surface area contributed by atoms with E-state index >= 15 is 0 Å². The normalized spacial score (nSPS) is 10.4. The first-order chi connectivity index (χ1) is 14.7. The minimum absolute atomic E-state index is 0.391. The van der Waals surface area contributed by atoms with E-state index in [-0.39, 0.29) is 0 Å². The molecule has 0 saturated carbocycles. The summed E-state index contributed by atoms with van der Waals surface area (Å²) in [5, 5.41) is 0. The molecule has 166 valence electrons. The maximum Gasteiger partial charge on any atom is 0.164 e. The van der Waals surface area contributed by atoms with Gasteiger partial charge in [0.15, 0.2) is 23.0 Å². The molecule has 0 aliphatic heterocycles. The van der Waals surface area contributed by atoms with Crippen LogP contribution < -0.4 is 28.4 Å². The molecule has 0 radical (unpaired) electrons. The second kappa shape index (κ2) is 13.4. The van der Waals surface area contributed by atoms with E-state index in [2.05, 4.69) is 0 Å². The minimum Gasteiger partial charge on any atom is -0.497 e. The van der Waals surface area contributed by atoms with Crippen LogP contribution in [-0.4, -0.2) is 68.1 Å². The van der Waals surface area contributed by atoms with E-state index in [4.69, 9.17) is 37.9 Å². The van der Waals surface area contributed by atoms with Gasteiger partial charge in [0.05, 0.1) is 54.9 Å². The number of hydrogen-bond acceptors (Lipinski definition) is 8. The van der Waals surface area contributed by atoms with E-state index in [1.165, 1.54) is 0 Å². The first-order valence-electron chi connectivity index (χ1n) is 9.57. The van der Waals surface area contributed by atoms with Crippen molar-refractivity contribution in [1.29, 1.82) is 0 Å². The van der Waals surface area contributed by atoms with E-state index in [0.717, 1.165) is 0 Å². The molecule has 0 aliphatic carbocycles. The second-order valence-electron chi connectivity index (χ2n) is 5.96. The fourth-order valence-electron chi connectivity index (χ4n) is 2.54. The maximum absolute atomic E-state index is 5.69. The Morgan fingerprint density at radius 2 is 0.867 bits per heavy atom. The van der Waals surface area contributed by atoms with Gasteiger partial charge in [-0.25, -0.2) is 0 Å². The van der Waals surface area contributed by atoms with Crippen molar-refractivity contribution in [2.24, 2.45) is 0 Å². The smallest absolute Gasteiger partial charge is 0.164 e. The van der Waals surface area contributed by atoms with Gasteiger partial charge in [0, 0.05) is 12.1 Å². The van der Waals surface area contributed by atoms with E-state index in [0.29, 0.717) is 74.1 Å². The highest BCUT2D eigenvalue weighted by Crippen LogP contribution is 2.31. The van der Waals surface area contributed by atoms with E-state index in [9.17, 15) is 0 Å². The molecule has 0 amide bonds. The average molecular weight is 422 g/mol. The molecule has 0 unspecified atom stereocenters. The van der Waals surface area contributed by atoms with E-state index < -0.39 is 0 Å². The van der Waals surface area contributed by atoms with Crippen LogP contribution >= 0.6 is 0 Å². The van der Waals surface area contributed by atoms with Gasteiger partial charge in [-0.1, -0.05) is 0 Å². The molecule has 2 aromatic carbocycles. The molecule has 30 heavy (non-hydrogen) atoms. The third-order valence-corrected chi connectivity index (χ3v) is 4.08. The van der Waals surface area contributed by atoms with Crippen LogP contribution in [-0.2, 0) is 9.47 Å². The van der Waals surface area contributed by atoms with Gasteiger partial charge in [-0.05, 0) is 24.3 Å². The summed E-state index contributed by atoms with van der Waals surface area (Å²) in [6.45, 7) is 2.56. The molecule has 0 aliphatic rings. The van der Waals surface area contributed by atoms with Crippen LogP contribution in [0, 0.1) is 0 Å². The largest absolute Gasteiger partial charge is 0.497 e. The standard InChI is InChI=1S/C22H30O8/c1-23-17-5-7-19(25-3)21(15-17)29-13-11-27-9-10-28-12-14-30-22-16-18(24-2)6-8-20(22)26-4/h5-8,15-16H,9-14H2,1-4H3. The van der Waals surface area contributed by atoms with E-state index in [1.54, 1.807) is 52.7 Å². The third kappa shape index (κ3) is 7.53. The summed E-state index contributed by atoms with van der Waals surface area (Å²) in [5.74, 6) is 3.92. The first kappa shape index (κ1) is 23.4. The molecule has 0 heterocycles. The summed E-state index contributed by atoms with van der Waals surface area (Å²) in [5.41, 5.74) is 0. The minimum atomic E-state index is 0.391. The monoisotopic (exact) mass is 422 g/mol. The zero-order chi connectivity index (χ0) is 21.6. The highest BCUT2D eigenvalue weighted by Gasteiger charge is 2.07. The van der Waals surface area contributed by atoms with Crippen molar-refractivity contribution in [2.75, 3.05) is 68.1 Å². The summed E-state index contributed by atoms with van der Waals surface area (Å²) in [6, 6.07) is 10.8. The summed E-state index contributed by atoms with van der Waals surface area (Å²) >= 11 is 0. The lowest BCUT2D eigenvalue weighted by Crippen LogP contribution is -2.13. The Balaban J connectivity index is 1.56. The zero-order valence-electron chi connectivity index (χ0n) is 18.0. The number of rotatable bonds is 15. The molecule has 2 aromatic rings. The third-order valence-electron chi connectivity index (χ3n) is 4.08. The van der Waals surface area contributed by atoms with Crippen molar-refractivity contribution in [3.63, 3.8) is 0 Å². The molecular weight excluding hydrogens is 392 g/mol. The van der Waals surface area contributed by atoms with Crippen LogP contribution in [0.15, 0.2) is 36.4 Å². The molecule has 0 bridgehead atoms. The van der Waals surface area contributed by atoms with Crippen LogP contribution in [0.4, 0.5) is 0 Å². The molecule has 2 rings (SSSR count). The molecule has 8 nitrogen and oxygen atoms in total. The molecule has 0 fully saturated rings. The topological polar surface area (TPSA) is 73.8 Å². The lowest BCUT2D eigenvalue weighted by atomic mass is 10.3. The summed E-state index contributed by atoms with van der Waals surface area (Å²) in [7, 11) is 6.40. The molecule has 0 saturated heterocycles. The fourth-order valence-corrected chi connectivity index (χ4v) is 2.54. The van der Waals surface area contributed by atoms with Crippen molar-refractivity contribution in [3.8, 4) is 34.5 Å². The summed E-state index contributed by atoms with van der Waals surface area (Å²) < 4.78 is 43.3. The molecule has 0 spiro atoms. The van der Waals surface area contributed by atoms with Crippen LogP contribution in [0.3, 0.4) is 0 Å². The van der Waals surface area contributed by atoms with Crippen molar-refractivity contribution in [1.82, 2.24) is 0 Å². The van der Waals surface area contributed by atoms with Gasteiger partial charge in [0.2, 0.25) is 0 Å². The average Bonchev–Trinajstić information content (AvgIpc) is 2.79. The Labute approximate surface area is 177 Å². The van der Waals surface area contributed by atoms with Gasteiger partial charge in [-0.15, -0.1) is 0 Å². The molecule has 8 heteroatoms. The second-order valence-corrected chi connectivity index (χ2v) is 5.96. The lowest BCUT2D eigenvalue weighted by molar-refractivity contribution is 0.0269. The van der Waals surface area contributed by atoms with Crippen LogP contribution in [0.25, 0.3) is 0 Å². The zero-order valence-corrected chi connectivity index (χ0v) is 18.0. The van der Waals surface area contributed by atoms with Crippen LogP contribution in [0.1, 0.15) is 0 Å². The number of ether oxygens (including phenoxy) is 8. The van der Waals surface area contributed by atoms with Gasteiger partial charge >= 0.3 is 0 Å². The Bertz CT molecular complexity index is 686. The van der Waals surface area contributed by atoms with Gasteiger partial charge in [0.1, 0.15) is 24.7 Å². The predicted molar refractivity (Wildman–Crippen MR) is 112 cm³/mol. The number of hydrogen-bond donors (Lipinski definition) is 0. The van der Waals surface area contributed by atoms with Crippen LogP contribution in [0.5, 0.6) is 34.5 Å². The van der Waals surface area contributed by atoms with Crippen LogP contribution in [0.2, 0.25) is 0 Å². The van der Waals surface area contributed by atoms with Crippen molar-refractivity contribution < 1.29 is 37.9 Å². The highest BCUT2D eigenvalue weighted by atomic mass is 16.6.